The number of aliphatic carboxylic acids is 1. The standard InChI is InChI=1S/C18H27O5P/c1-14(11-17-8-5-9-23-17)10-16(18(19)20)13-24(21,22)12-15-6-3-2-4-7-15/h2-4,6-7,14,16-17H,5,8-13H2,1H3,(H,19,20)(H,21,22). The summed E-state index contributed by atoms with van der Waals surface area (Å²) in [7, 11) is -3.53. The Morgan fingerprint density at radius 1 is 1.38 bits per heavy atom. The van der Waals surface area contributed by atoms with Crippen molar-refractivity contribution in [3.63, 3.8) is 0 Å². The van der Waals surface area contributed by atoms with Crippen LogP contribution in [-0.4, -0.2) is 34.8 Å². The van der Waals surface area contributed by atoms with Crippen LogP contribution in [0.4, 0.5) is 0 Å². The molecule has 0 aromatic heterocycles. The third kappa shape index (κ3) is 6.39. The van der Waals surface area contributed by atoms with Gasteiger partial charge in [-0.15, -0.1) is 0 Å². The number of hydrogen-bond donors (Lipinski definition) is 2. The van der Waals surface area contributed by atoms with Gasteiger partial charge >= 0.3 is 5.97 Å². The van der Waals surface area contributed by atoms with Crippen molar-refractivity contribution in [3.05, 3.63) is 35.9 Å². The molecule has 0 bridgehead atoms. The van der Waals surface area contributed by atoms with E-state index in [2.05, 4.69) is 0 Å². The largest absolute Gasteiger partial charge is 0.481 e. The molecule has 5 nitrogen and oxygen atoms in total. The highest BCUT2D eigenvalue weighted by atomic mass is 31.2. The van der Waals surface area contributed by atoms with Gasteiger partial charge in [0.25, 0.3) is 0 Å². The number of ether oxygens (including phenoxy) is 1. The van der Waals surface area contributed by atoms with Crippen LogP contribution in [0.15, 0.2) is 30.3 Å². The first-order valence-electron chi connectivity index (χ1n) is 8.55. The summed E-state index contributed by atoms with van der Waals surface area (Å²) in [6, 6.07) is 9.05. The minimum atomic E-state index is -3.53. The van der Waals surface area contributed by atoms with Crippen LogP contribution in [0.1, 0.15) is 38.2 Å². The highest BCUT2D eigenvalue weighted by molar-refractivity contribution is 7.57. The summed E-state index contributed by atoms with van der Waals surface area (Å²) in [6.07, 6.45) is 3.37. The topological polar surface area (TPSA) is 83.8 Å². The smallest absolute Gasteiger partial charge is 0.307 e. The first kappa shape index (κ1) is 19.2. The van der Waals surface area contributed by atoms with Gasteiger partial charge in [0.15, 0.2) is 0 Å². The van der Waals surface area contributed by atoms with E-state index in [4.69, 9.17) is 4.74 Å². The second-order valence-electron chi connectivity index (χ2n) is 6.92. The summed E-state index contributed by atoms with van der Waals surface area (Å²) in [4.78, 5) is 21.8. The Labute approximate surface area is 143 Å². The van der Waals surface area contributed by atoms with Gasteiger partial charge in [0.2, 0.25) is 7.37 Å². The number of rotatable bonds is 9. The third-order valence-electron chi connectivity index (χ3n) is 4.50. The molecule has 1 saturated heterocycles. The maximum Gasteiger partial charge on any atom is 0.307 e. The zero-order valence-electron chi connectivity index (χ0n) is 14.1. The van der Waals surface area contributed by atoms with Gasteiger partial charge in [0, 0.05) is 18.9 Å². The van der Waals surface area contributed by atoms with E-state index in [1.54, 1.807) is 12.1 Å². The quantitative estimate of drug-likeness (QED) is 0.660. The van der Waals surface area contributed by atoms with Crippen molar-refractivity contribution in [1.82, 2.24) is 0 Å². The number of carboxylic acid groups (broad SMARTS) is 1. The van der Waals surface area contributed by atoms with Gasteiger partial charge in [0.05, 0.1) is 12.0 Å². The molecule has 0 radical (unpaired) electrons. The third-order valence-corrected chi connectivity index (χ3v) is 6.37. The van der Waals surface area contributed by atoms with Crippen LogP contribution >= 0.6 is 7.37 Å². The Kier molecular flexibility index (Phi) is 7.02. The minimum Gasteiger partial charge on any atom is -0.481 e. The lowest BCUT2D eigenvalue weighted by Gasteiger charge is -2.22. The van der Waals surface area contributed by atoms with Crippen LogP contribution in [0.25, 0.3) is 0 Å². The molecule has 134 valence electrons. The van der Waals surface area contributed by atoms with Crippen molar-refractivity contribution in [2.75, 3.05) is 12.8 Å². The Balaban J connectivity index is 1.91. The van der Waals surface area contributed by atoms with Crippen molar-refractivity contribution in [2.45, 2.75) is 44.9 Å². The van der Waals surface area contributed by atoms with E-state index >= 15 is 0 Å². The van der Waals surface area contributed by atoms with Gasteiger partial charge in [0.1, 0.15) is 0 Å². The Morgan fingerprint density at radius 3 is 2.67 bits per heavy atom. The molecule has 1 heterocycles. The Morgan fingerprint density at radius 2 is 2.08 bits per heavy atom. The lowest BCUT2D eigenvalue weighted by molar-refractivity contribution is -0.141. The number of hydrogen-bond acceptors (Lipinski definition) is 3. The van der Waals surface area contributed by atoms with Crippen LogP contribution in [0, 0.1) is 11.8 Å². The van der Waals surface area contributed by atoms with E-state index in [0.717, 1.165) is 31.4 Å². The molecule has 4 atom stereocenters. The molecular formula is C18H27O5P. The van der Waals surface area contributed by atoms with Crippen molar-refractivity contribution in [3.8, 4) is 0 Å². The molecule has 1 aliphatic rings. The second-order valence-corrected chi connectivity index (χ2v) is 9.29. The maximum atomic E-state index is 12.5. The van der Waals surface area contributed by atoms with Crippen molar-refractivity contribution in [2.24, 2.45) is 11.8 Å². The molecule has 1 aromatic rings. The average molecular weight is 354 g/mol. The van der Waals surface area contributed by atoms with Gasteiger partial charge in [-0.05, 0) is 37.2 Å². The molecule has 4 unspecified atom stereocenters. The Bertz CT molecular complexity index is 568. The van der Waals surface area contributed by atoms with Crippen LogP contribution in [0.2, 0.25) is 0 Å². The van der Waals surface area contributed by atoms with Crippen LogP contribution in [0.5, 0.6) is 0 Å². The van der Waals surface area contributed by atoms with Gasteiger partial charge in [-0.2, -0.15) is 0 Å². The first-order valence-corrected chi connectivity index (χ1v) is 10.6. The molecule has 0 aliphatic carbocycles. The second kappa shape index (κ2) is 8.80. The van der Waals surface area contributed by atoms with E-state index in [-0.39, 0.29) is 24.3 Å². The van der Waals surface area contributed by atoms with Crippen LogP contribution in [0.3, 0.4) is 0 Å². The summed E-state index contributed by atoms with van der Waals surface area (Å²) < 4.78 is 18.1. The fourth-order valence-electron chi connectivity index (χ4n) is 3.39. The molecule has 1 fully saturated rings. The molecular weight excluding hydrogens is 327 g/mol. The molecule has 0 spiro atoms. The molecule has 1 aromatic carbocycles. The lowest BCUT2D eigenvalue weighted by atomic mass is 9.92. The predicted octanol–water partition coefficient (Wildman–Crippen LogP) is 3.75. The van der Waals surface area contributed by atoms with Gasteiger partial charge < -0.3 is 14.7 Å². The maximum absolute atomic E-state index is 12.5. The van der Waals surface area contributed by atoms with Crippen LogP contribution < -0.4 is 0 Å². The highest BCUT2D eigenvalue weighted by Gasteiger charge is 2.31. The first-order chi connectivity index (χ1) is 11.4. The fraction of sp³-hybridized carbons (Fsp3) is 0.611. The Hall–Kier alpha value is -1.16. The SMILES string of the molecule is CC(CC1CCCO1)CC(CP(=O)(O)Cc1ccccc1)C(=O)O. The monoisotopic (exact) mass is 354 g/mol. The fourth-order valence-corrected chi connectivity index (χ4v) is 5.30. The van der Waals surface area contributed by atoms with E-state index in [1.807, 2.05) is 25.1 Å². The van der Waals surface area contributed by atoms with Crippen molar-refractivity contribution < 1.29 is 24.1 Å². The van der Waals surface area contributed by atoms with Gasteiger partial charge in [-0.1, -0.05) is 37.3 Å². The van der Waals surface area contributed by atoms with Gasteiger partial charge in [-0.25, -0.2) is 0 Å². The number of carbonyl (C=O) groups is 1. The van der Waals surface area contributed by atoms with Crippen molar-refractivity contribution in [1.29, 1.82) is 0 Å². The molecule has 2 N–H and O–H groups in total. The normalized spacial score (nSPS) is 22.7. The summed E-state index contributed by atoms with van der Waals surface area (Å²) in [5.41, 5.74) is 0.764. The zero-order chi connectivity index (χ0) is 17.6. The van der Waals surface area contributed by atoms with Crippen molar-refractivity contribution >= 4 is 13.3 Å². The van der Waals surface area contributed by atoms with Gasteiger partial charge in [-0.3, -0.25) is 9.36 Å². The zero-order valence-corrected chi connectivity index (χ0v) is 15.0. The summed E-state index contributed by atoms with van der Waals surface area (Å²) in [5.74, 6) is -1.62. The molecule has 6 heteroatoms. The molecule has 0 saturated carbocycles. The minimum absolute atomic E-state index is 0.0255. The van der Waals surface area contributed by atoms with E-state index in [9.17, 15) is 19.4 Å². The predicted molar refractivity (Wildman–Crippen MR) is 93.3 cm³/mol. The molecule has 2 rings (SSSR count). The van der Waals surface area contributed by atoms with E-state index in [0.29, 0.717) is 6.42 Å². The summed E-state index contributed by atoms with van der Waals surface area (Å²) in [6.45, 7) is 2.78. The average Bonchev–Trinajstić information content (AvgIpc) is 2.99. The molecule has 0 amide bonds. The van der Waals surface area contributed by atoms with E-state index in [1.165, 1.54) is 0 Å². The highest BCUT2D eigenvalue weighted by Crippen LogP contribution is 2.47. The summed E-state index contributed by atoms with van der Waals surface area (Å²) >= 11 is 0. The lowest BCUT2D eigenvalue weighted by Crippen LogP contribution is -2.23. The van der Waals surface area contributed by atoms with Crippen LogP contribution in [-0.2, 0) is 20.3 Å². The molecule has 24 heavy (non-hydrogen) atoms. The van der Waals surface area contributed by atoms with E-state index < -0.39 is 19.3 Å². The number of benzene rings is 1. The summed E-state index contributed by atoms with van der Waals surface area (Å²) in [5, 5.41) is 9.45. The molecule has 1 aliphatic heterocycles. The number of carboxylic acids is 1.